The Labute approximate surface area is 122 Å². The Balaban J connectivity index is 2.63. The number of halogens is 2. The molecule has 0 heterocycles. The van der Waals surface area contributed by atoms with Gasteiger partial charge in [-0.2, -0.15) is 0 Å². The van der Waals surface area contributed by atoms with E-state index in [9.17, 15) is 9.59 Å². The molecule has 0 N–H and O–H groups in total. The summed E-state index contributed by atoms with van der Waals surface area (Å²) < 4.78 is 4.99. The van der Waals surface area contributed by atoms with Crippen LogP contribution in [-0.2, 0) is 9.53 Å². The van der Waals surface area contributed by atoms with Crippen LogP contribution < -0.4 is 0 Å². The summed E-state index contributed by atoms with van der Waals surface area (Å²) >= 11 is 11.7. The van der Waals surface area contributed by atoms with Gasteiger partial charge in [0.2, 0.25) is 5.78 Å². The second-order valence-corrected chi connectivity index (χ2v) is 5.53. The predicted molar refractivity (Wildman–Crippen MR) is 75.8 cm³/mol. The van der Waals surface area contributed by atoms with Crippen molar-refractivity contribution >= 4 is 35.0 Å². The van der Waals surface area contributed by atoms with Crippen LogP contribution in [0.25, 0.3) is 0 Å². The summed E-state index contributed by atoms with van der Waals surface area (Å²) in [6, 6.07) is 4.57. The predicted octanol–water partition coefficient (Wildman–Crippen LogP) is 4.01. The van der Waals surface area contributed by atoms with Crippen molar-refractivity contribution < 1.29 is 14.3 Å². The molecule has 0 amide bonds. The Morgan fingerprint density at radius 1 is 1.21 bits per heavy atom. The van der Waals surface area contributed by atoms with Gasteiger partial charge in [0.05, 0.1) is 10.9 Å². The maximum Gasteiger partial charge on any atom is 0.309 e. The zero-order valence-corrected chi connectivity index (χ0v) is 12.6. The Kier molecular flexibility index (Phi) is 5.83. The van der Waals surface area contributed by atoms with Crippen molar-refractivity contribution in [2.24, 2.45) is 11.8 Å². The molecule has 0 spiro atoms. The molecule has 1 aromatic rings. The van der Waals surface area contributed by atoms with Gasteiger partial charge in [-0.15, -0.1) is 0 Å². The summed E-state index contributed by atoms with van der Waals surface area (Å²) in [6.45, 7) is 5.30. The van der Waals surface area contributed by atoms with E-state index >= 15 is 0 Å². The average molecular weight is 303 g/mol. The van der Waals surface area contributed by atoms with E-state index in [0.717, 1.165) is 0 Å². The van der Waals surface area contributed by atoms with Crippen molar-refractivity contribution in [1.82, 2.24) is 0 Å². The molecule has 0 saturated heterocycles. The van der Waals surface area contributed by atoms with Crippen LogP contribution in [0.4, 0.5) is 0 Å². The molecule has 0 radical (unpaired) electrons. The number of Topliss-reactive ketones (excluding diaryl/α,β-unsaturated/α-hetero) is 1. The first-order valence-electron chi connectivity index (χ1n) is 5.97. The summed E-state index contributed by atoms with van der Waals surface area (Å²) in [7, 11) is 0. The SMILES string of the molecule is CC(C)C(C)C(=O)OCC(=O)c1ccc(Cl)cc1Cl. The quantitative estimate of drug-likeness (QED) is 0.609. The number of hydrogen-bond acceptors (Lipinski definition) is 3. The molecule has 0 aliphatic carbocycles. The number of ether oxygens (including phenoxy) is 1. The molecule has 0 bridgehead atoms. The fourth-order valence-corrected chi connectivity index (χ4v) is 1.85. The highest BCUT2D eigenvalue weighted by atomic mass is 35.5. The summed E-state index contributed by atoms with van der Waals surface area (Å²) in [5.74, 6) is -0.797. The summed E-state index contributed by atoms with van der Waals surface area (Å²) in [4.78, 5) is 23.5. The molecule has 3 nitrogen and oxygen atoms in total. The second-order valence-electron chi connectivity index (χ2n) is 4.69. The van der Waals surface area contributed by atoms with E-state index in [-0.39, 0.29) is 35.2 Å². The van der Waals surface area contributed by atoms with Crippen LogP contribution in [0.1, 0.15) is 31.1 Å². The fraction of sp³-hybridized carbons (Fsp3) is 0.429. The van der Waals surface area contributed by atoms with Crippen molar-refractivity contribution in [3.8, 4) is 0 Å². The fourth-order valence-electron chi connectivity index (χ4n) is 1.33. The molecular formula is C14H16Cl2O3. The van der Waals surface area contributed by atoms with Gasteiger partial charge in [0, 0.05) is 10.6 Å². The number of rotatable bonds is 5. The summed E-state index contributed by atoms with van der Waals surface area (Å²) in [6.07, 6.45) is 0. The lowest BCUT2D eigenvalue weighted by Crippen LogP contribution is -2.23. The van der Waals surface area contributed by atoms with Gasteiger partial charge >= 0.3 is 5.97 Å². The number of hydrogen-bond donors (Lipinski definition) is 0. The van der Waals surface area contributed by atoms with Gasteiger partial charge in [0.1, 0.15) is 0 Å². The maximum absolute atomic E-state index is 11.9. The van der Waals surface area contributed by atoms with Crippen LogP contribution in [0, 0.1) is 11.8 Å². The molecule has 1 rings (SSSR count). The Hall–Kier alpha value is -1.06. The molecular weight excluding hydrogens is 287 g/mol. The van der Waals surface area contributed by atoms with Gasteiger partial charge in [-0.3, -0.25) is 9.59 Å². The van der Waals surface area contributed by atoms with Crippen molar-refractivity contribution in [2.45, 2.75) is 20.8 Å². The number of carbonyl (C=O) groups excluding carboxylic acids is 2. The highest BCUT2D eigenvalue weighted by Crippen LogP contribution is 2.21. The molecule has 19 heavy (non-hydrogen) atoms. The Morgan fingerprint density at radius 2 is 1.84 bits per heavy atom. The minimum Gasteiger partial charge on any atom is -0.457 e. The van der Waals surface area contributed by atoms with Crippen LogP contribution in [0.2, 0.25) is 10.0 Å². The van der Waals surface area contributed by atoms with Crippen molar-refractivity contribution in [3.05, 3.63) is 33.8 Å². The molecule has 1 atom stereocenters. The van der Waals surface area contributed by atoms with E-state index in [1.54, 1.807) is 13.0 Å². The van der Waals surface area contributed by atoms with Gasteiger partial charge < -0.3 is 4.74 Å². The second kappa shape index (κ2) is 6.92. The van der Waals surface area contributed by atoms with Crippen molar-refractivity contribution in [1.29, 1.82) is 0 Å². The highest BCUT2D eigenvalue weighted by Gasteiger charge is 2.20. The lowest BCUT2D eigenvalue weighted by Gasteiger charge is -2.14. The first-order valence-corrected chi connectivity index (χ1v) is 6.73. The van der Waals surface area contributed by atoms with Crippen molar-refractivity contribution in [2.75, 3.05) is 6.61 Å². The average Bonchev–Trinajstić information content (AvgIpc) is 2.34. The number of benzene rings is 1. The third-order valence-corrected chi connectivity index (χ3v) is 3.50. The van der Waals surface area contributed by atoms with Crippen LogP contribution in [0.15, 0.2) is 18.2 Å². The van der Waals surface area contributed by atoms with Crippen molar-refractivity contribution in [3.63, 3.8) is 0 Å². The monoisotopic (exact) mass is 302 g/mol. The smallest absolute Gasteiger partial charge is 0.309 e. The normalized spacial score (nSPS) is 12.3. The topological polar surface area (TPSA) is 43.4 Å². The van der Waals surface area contributed by atoms with Gasteiger partial charge in [0.15, 0.2) is 6.61 Å². The lowest BCUT2D eigenvalue weighted by molar-refractivity contribution is -0.148. The highest BCUT2D eigenvalue weighted by molar-refractivity contribution is 6.36. The standard InChI is InChI=1S/C14H16Cl2O3/c1-8(2)9(3)14(18)19-7-13(17)11-5-4-10(15)6-12(11)16/h4-6,8-9H,7H2,1-3H3. The zero-order valence-electron chi connectivity index (χ0n) is 11.1. The Bertz CT molecular complexity index is 484. The van der Waals surface area contributed by atoms with Gasteiger partial charge in [-0.1, -0.05) is 44.0 Å². The van der Waals surface area contributed by atoms with Crippen LogP contribution in [0.5, 0.6) is 0 Å². The number of esters is 1. The molecule has 0 saturated carbocycles. The molecule has 1 aromatic carbocycles. The molecule has 0 aliphatic heterocycles. The largest absolute Gasteiger partial charge is 0.457 e. The number of ketones is 1. The molecule has 5 heteroatoms. The van der Waals surface area contributed by atoms with E-state index in [1.807, 2.05) is 13.8 Å². The molecule has 0 fully saturated rings. The minimum atomic E-state index is -0.381. The molecule has 0 aromatic heterocycles. The summed E-state index contributed by atoms with van der Waals surface area (Å²) in [5.41, 5.74) is 0.302. The maximum atomic E-state index is 11.9. The number of carbonyl (C=O) groups is 2. The summed E-state index contributed by atoms with van der Waals surface area (Å²) in [5, 5.41) is 0.706. The lowest BCUT2D eigenvalue weighted by atomic mass is 9.99. The third kappa shape index (κ3) is 4.51. The van der Waals surface area contributed by atoms with E-state index in [1.165, 1.54) is 12.1 Å². The van der Waals surface area contributed by atoms with Gasteiger partial charge in [-0.25, -0.2) is 0 Å². The van der Waals surface area contributed by atoms with Crippen LogP contribution in [-0.4, -0.2) is 18.4 Å². The van der Waals surface area contributed by atoms with Crippen LogP contribution >= 0.6 is 23.2 Å². The van der Waals surface area contributed by atoms with E-state index in [4.69, 9.17) is 27.9 Å². The van der Waals surface area contributed by atoms with Crippen LogP contribution in [0.3, 0.4) is 0 Å². The van der Waals surface area contributed by atoms with E-state index in [0.29, 0.717) is 10.6 Å². The van der Waals surface area contributed by atoms with Gasteiger partial charge in [-0.05, 0) is 24.1 Å². The first-order chi connectivity index (χ1) is 8.82. The first kappa shape index (κ1) is 16.0. The molecule has 0 aliphatic rings. The third-order valence-electron chi connectivity index (χ3n) is 2.95. The molecule has 104 valence electrons. The molecule has 1 unspecified atom stereocenters. The van der Waals surface area contributed by atoms with Gasteiger partial charge in [0.25, 0.3) is 0 Å². The van der Waals surface area contributed by atoms with E-state index < -0.39 is 0 Å². The van der Waals surface area contributed by atoms with E-state index in [2.05, 4.69) is 0 Å². The Morgan fingerprint density at radius 3 is 2.37 bits per heavy atom. The zero-order chi connectivity index (χ0) is 14.6. The minimum absolute atomic E-state index is 0.168.